The summed E-state index contributed by atoms with van der Waals surface area (Å²) in [5.41, 5.74) is 3.07. The van der Waals surface area contributed by atoms with E-state index in [1.165, 1.54) is 6.07 Å². The van der Waals surface area contributed by atoms with E-state index >= 15 is 4.39 Å². The van der Waals surface area contributed by atoms with Gasteiger partial charge in [0.05, 0.1) is 30.5 Å². The van der Waals surface area contributed by atoms with E-state index in [9.17, 15) is 9.59 Å². The van der Waals surface area contributed by atoms with Crippen LogP contribution >= 0.6 is 11.3 Å². The van der Waals surface area contributed by atoms with Gasteiger partial charge in [0.2, 0.25) is 5.91 Å². The van der Waals surface area contributed by atoms with Crippen LogP contribution in [0.2, 0.25) is 0 Å². The maximum Gasteiger partial charge on any atom is 0.239 e. The van der Waals surface area contributed by atoms with E-state index in [0.717, 1.165) is 21.9 Å². The molecule has 2 aliphatic rings. The highest BCUT2D eigenvalue weighted by Crippen LogP contribution is 2.48. The number of ketones is 1. The van der Waals surface area contributed by atoms with Gasteiger partial charge in [-0.2, -0.15) is 0 Å². The molecule has 0 bridgehead atoms. The number of para-hydroxylation sites is 2. The van der Waals surface area contributed by atoms with Gasteiger partial charge in [-0.1, -0.05) is 50.2 Å². The molecular formula is C28H28FN3O2S. The number of carbonyl (C=O) groups excluding carboxylic acids is 2. The quantitative estimate of drug-likeness (QED) is 0.474. The fraction of sp³-hybridized carbons (Fsp3) is 0.286. The summed E-state index contributed by atoms with van der Waals surface area (Å²) >= 11 is 1.58. The minimum Gasteiger partial charge on any atom is -0.357 e. The second kappa shape index (κ2) is 9.30. The predicted octanol–water partition coefficient (Wildman–Crippen LogP) is 5.82. The van der Waals surface area contributed by atoms with Crippen molar-refractivity contribution in [2.45, 2.75) is 39.3 Å². The molecule has 0 radical (unpaired) electrons. The molecule has 2 aromatic carbocycles. The lowest BCUT2D eigenvalue weighted by Gasteiger charge is -2.38. The van der Waals surface area contributed by atoms with Gasteiger partial charge in [0, 0.05) is 28.1 Å². The first kappa shape index (κ1) is 23.3. The fourth-order valence-electron chi connectivity index (χ4n) is 5.06. The van der Waals surface area contributed by atoms with Crippen LogP contribution < -0.4 is 15.5 Å². The lowest BCUT2D eigenvalue weighted by atomic mass is 9.73. The smallest absolute Gasteiger partial charge is 0.239 e. The number of hydrogen-bond acceptors (Lipinski definition) is 5. The van der Waals surface area contributed by atoms with Gasteiger partial charge >= 0.3 is 0 Å². The van der Waals surface area contributed by atoms with Crippen molar-refractivity contribution in [1.29, 1.82) is 0 Å². The van der Waals surface area contributed by atoms with Gasteiger partial charge in [0.25, 0.3) is 0 Å². The van der Waals surface area contributed by atoms with Crippen LogP contribution in [0.4, 0.5) is 15.8 Å². The summed E-state index contributed by atoms with van der Waals surface area (Å²) in [6.45, 7) is 4.55. The molecule has 1 aromatic heterocycles. The minimum absolute atomic E-state index is 0.0173. The Morgan fingerprint density at radius 2 is 1.89 bits per heavy atom. The summed E-state index contributed by atoms with van der Waals surface area (Å²) in [5, 5.41) is 8.44. The topological polar surface area (TPSA) is 61.4 Å². The van der Waals surface area contributed by atoms with Crippen LogP contribution in [0.25, 0.3) is 0 Å². The highest BCUT2D eigenvalue weighted by molar-refractivity contribution is 7.09. The van der Waals surface area contributed by atoms with Crippen molar-refractivity contribution in [1.82, 2.24) is 5.32 Å². The van der Waals surface area contributed by atoms with Crippen molar-refractivity contribution in [3.8, 4) is 0 Å². The Hall–Kier alpha value is -3.45. The third kappa shape index (κ3) is 4.73. The maximum absolute atomic E-state index is 15.3. The molecule has 1 unspecified atom stereocenters. The molecule has 0 saturated carbocycles. The van der Waals surface area contributed by atoms with Crippen LogP contribution in [0.5, 0.6) is 0 Å². The molecule has 0 fully saturated rings. The number of thiophene rings is 1. The minimum atomic E-state index is -0.724. The van der Waals surface area contributed by atoms with Crippen LogP contribution in [-0.2, 0) is 16.1 Å². The number of allylic oxidation sites excluding steroid dienone is 1. The Balaban J connectivity index is 1.62. The number of nitrogens with zero attached hydrogens (tertiary/aromatic N) is 1. The number of amides is 1. The van der Waals surface area contributed by atoms with Gasteiger partial charge in [-0.25, -0.2) is 4.39 Å². The van der Waals surface area contributed by atoms with Crippen LogP contribution in [0.15, 0.2) is 77.3 Å². The van der Waals surface area contributed by atoms with E-state index in [1.54, 1.807) is 29.5 Å². The molecule has 5 rings (SSSR count). The lowest BCUT2D eigenvalue weighted by Crippen LogP contribution is -2.42. The number of carbonyl (C=O) groups is 2. The Morgan fingerprint density at radius 1 is 1.11 bits per heavy atom. The van der Waals surface area contributed by atoms with Gasteiger partial charge in [-0.3, -0.25) is 9.59 Å². The van der Waals surface area contributed by atoms with Crippen LogP contribution in [0.1, 0.15) is 43.2 Å². The van der Waals surface area contributed by atoms with Gasteiger partial charge < -0.3 is 15.5 Å². The Morgan fingerprint density at radius 3 is 2.66 bits per heavy atom. The van der Waals surface area contributed by atoms with Gasteiger partial charge in [0.1, 0.15) is 5.82 Å². The number of halogens is 1. The summed E-state index contributed by atoms with van der Waals surface area (Å²) in [6.07, 6.45) is 1.03. The molecule has 2 N–H and O–H groups in total. The molecule has 1 aliphatic carbocycles. The van der Waals surface area contributed by atoms with Crippen molar-refractivity contribution in [3.05, 3.63) is 93.6 Å². The first-order chi connectivity index (χ1) is 16.8. The first-order valence-electron chi connectivity index (χ1n) is 11.7. The van der Waals surface area contributed by atoms with Crippen molar-refractivity contribution < 1.29 is 14.0 Å². The fourth-order valence-corrected chi connectivity index (χ4v) is 5.70. The normalized spacial score (nSPS) is 18.9. The van der Waals surface area contributed by atoms with E-state index in [0.29, 0.717) is 30.5 Å². The summed E-state index contributed by atoms with van der Waals surface area (Å²) in [6, 6.07) is 17.4. The standard InChI is InChI=1S/C28H28FN3O2S/c1-28(2)14-22-26(24(33)15-28)27(19-9-3-4-10-20(19)29)32(23-12-6-5-11-21(23)31-22)17-25(34)30-16-18-8-7-13-35-18/h3-13,27,31H,14-17H2,1-2H3,(H,30,34). The van der Waals surface area contributed by atoms with Gasteiger partial charge in [0.15, 0.2) is 5.78 Å². The number of fused-ring (bicyclic) bond motifs is 1. The molecule has 180 valence electrons. The zero-order chi connectivity index (χ0) is 24.6. The molecule has 0 saturated heterocycles. The predicted molar refractivity (Wildman–Crippen MR) is 138 cm³/mol. The van der Waals surface area contributed by atoms with Crippen LogP contribution in [0, 0.1) is 11.2 Å². The molecule has 5 nitrogen and oxygen atoms in total. The average molecular weight is 490 g/mol. The first-order valence-corrected chi connectivity index (χ1v) is 12.6. The van der Waals surface area contributed by atoms with E-state index < -0.39 is 11.9 Å². The Labute approximate surface area is 208 Å². The van der Waals surface area contributed by atoms with Crippen molar-refractivity contribution in [3.63, 3.8) is 0 Å². The van der Waals surface area contributed by atoms with E-state index in [1.807, 2.05) is 46.7 Å². The number of rotatable bonds is 5. The third-order valence-corrected chi connectivity index (χ3v) is 7.43. The largest absolute Gasteiger partial charge is 0.357 e. The van der Waals surface area contributed by atoms with Crippen LogP contribution in [0.3, 0.4) is 0 Å². The maximum atomic E-state index is 15.3. The van der Waals surface area contributed by atoms with Crippen molar-refractivity contribution in [2.24, 2.45) is 5.41 Å². The molecule has 1 atom stereocenters. The summed E-state index contributed by atoms with van der Waals surface area (Å²) in [4.78, 5) is 29.7. The monoisotopic (exact) mass is 489 g/mol. The molecule has 0 spiro atoms. The number of benzene rings is 2. The number of anilines is 2. The van der Waals surface area contributed by atoms with E-state index in [4.69, 9.17) is 0 Å². The molecule has 7 heteroatoms. The summed E-state index contributed by atoms with van der Waals surface area (Å²) in [5.74, 6) is -0.610. The lowest BCUT2D eigenvalue weighted by molar-refractivity contribution is -0.120. The Kier molecular flexibility index (Phi) is 6.19. The molecular weight excluding hydrogens is 461 g/mol. The highest BCUT2D eigenvalue weighted by Gasteiger charge is 2.42. The number of hydrogen-bond donors (Lipinski definition) is 2. The average Bonchev–Trinajstić information content (AvgIpc) is 3.29. The molecule has 1 aliphatic heterocycles. The van der Waals surface area contributed by atoms with Crippen molar-refractivity contribution in [2.75, 3.05) is 16.8 Å². The zero-order valence-electron chi connectivity index (χ0n) is 19.8. The van der Waals surface area contributed by atoms with Gasteiger partial charge in [-0.05, 0) is 41.5 Å². The molecule has 35 heavy (non-hydrogen) atoms. The zero-order valence-corrected chi connectivity index (χ0v) is 20.6. The van der Waals surface area contributed by atoms with Gasteiger partial charge in [-0.15, -0.1) is 11.3 Å². The highest BCUT2D eigenvalue weighted by atomic mass is 32.1. The van der Waals surface area contributed by atoms with Crippen LogP contribution in [-0.4, -0.2) is 18.2 Å². The SMILES string of the molecule is CC1(C)CC(=O)C2=C(C1)Nc1ccccc1N(CC(=O)NCc1cccs1)C2c1ccccc1F. The molecule has 3 aromatic rings. The third-order valence-electron chi connectivity index (χ3n) is 6.56. The molecule has 2 heterocycles. The summed E-state index contributed by atoms with van der Waals surface area (Å²) < 4.78 is 15.3. The second-order valence-corrected chi connectivity index (χ2v) is 10.9. The Bertz CT molecular complexity index is 1300. The second-order valence-electron chi connectivity index (χ2n) is 9.88. The number of nitrogens with one attached hydrogen (secondary N) is 2. The summed E-state index contributed by atoms with van der Waals surface area (Å²) in [7, 11) is 0. The van der Waals surface area contributed by atoms with E-state index in [2.05, 4.69) is 24.5 Å². The van der Waals surface area contributed by atoms with E-state index in [-0.39, 0.29) is 23.7 Å². The molecule has 1 amide bonds. The number of Topliss-reactive ketones (excluding diaryl/α,β-unsaturated/α-hetero) is 1. The van der Waals surface area contributed by atoms with Crippen molar-refractivity contribution >= 4 is 34.4 Å².